The van der Waals surface area contributed by atoms with Crippen molar-refractivity contribution in [2.45, 2.75) is 252 Å². The first-order valence-electron chi connectivity index (χ1n) is 47.1. The number of amides is 16. The lowest BCUT2D eigenvalue weighted by Gasteiger charge is -2.29. The third-order valence-electron chi connectivity index (χ3n) is 22.1. The number of hydrogen-bond acceptors (Lipinski definition) is 30. The van der Waals surface area contributed by atoms with Gasteiger partial charge in [-0.3, -0.25) is 118 Å². The zero-order valence-corrected chi connectivity index (χ0v) is 81.8. The third kappa shape index (κ3) is 48.0. The molecule has 0 saturated carbocycles. The Hall–Kier alpha value is -17.7. The van der Waals surface area contributed by atoms with E-state index in [0.29, 0.717) is 5.69 Å². The van der Waals surface area contributed by atoms with Crippen LogP contribution < -0.4 is 147 Å². The molecule has 16 amide bonds. The van der Waals surface area contributed by atoms with Gasteiger partial charge in [-0.15, -0.1) is 0 Å². The number of nitrogens with one attached hydrogen (secondary N) is 29. The second kappa shape index (κ2) is 64.1. The van der Waals surface area contributed by atoms with Crippen LogP contribution in [-0.2, 0) is 123 Å². The number of H-pyrrole nitrogens is 5. The summed E-state index contributed by atoms with van der Waals surface area (Å²) in [5.74, 6) is -25.2. The molecule has 5 rings (SSSR count). The monoisotopic (exact) mass is 2100 g/mol. The zero-order chi connectivity index (χ0) is 110. The van der Waals surface area contributed by atoms with E-state index >= 15 is 28.8 Å². The highest BCUT2D eigenvalue weighted by Gasteiger charge is 2.41. The molecule has 818 valence electrons. The highest BCUT2D eigenvalue weighted by atomic mass is 16.4. The number of aromatic nitrogens is 10. The van der Waals surface area contributed by atoms with Crippen LogP contribution in [0, 0.1) is 33.0 Å². The quantitative estimate of drug-likeness (QED) is 0.00976. The van der Waals surface area contributed by atoms with E-state index < -0.39 is 284 Å². The molecular formula is C85H136N42O22. The Kier molecular flexibility index (Phi) is 52.4. The number of nitrogens with two attached hydrogens (primary N) is 8. The number of hydrogen-bond donors (Lipinski definition) is 40. The van der Waals surface area contributed by atoms with Crippen LogP contribution in [-0.4, -0.2) is 331 Å². The fraction of sp³-hybridized carbons (Fsp3) is 0.541. The van der Waals surface area contributed by atoms with Crippen LogP contribution in [0.5, 0.6) is 0 Å². The number of imidazole rings is 5. The largest absolute Gasteiger partial charge is 0.481 e. The molecule has 15 atom stereocenters. The Morgan fingerprint density at radius 2 is 0.483 bits per heavy atom. The molecule has 0 saturated heterocycles. The summed E-state index contributed by atoms with van der Waals surface area (Å²) in [6.07, 6.45) is 4.01. The molecule has 0 fully saturated rings. The number of nitrogens with zero attached hydrogens (tertiary/aromatic N) is 5. The van der Waals surface area contributed by atoms with Gasteiger partial charge in [-0.25, -0.2) is 24.9 Å². The number of aliphatic carboxylic acids is 3. The molecule has 149 heavy (non-hydrogen) atoms. The van der Waals surface area contributed by atoms with Crippen molar-refractivity contribution in [3.8, 4) is 0 Å². The second-order valence-electron chi connectivity index (χ2n) is 34.8. The Labute approximate surface area is 850 Å². The second-order valence-corrected chi connectivity index (χ2v) is 34.8. The van der Waals surface area contributed by atoms with E-state index in [1.165, 1.54) is 56.3 Å². The minimum absolute atomic E-state index is 0.0210. The average Bonchev–Trinajstić information content (AvgIpc) is 1.68. The van der Waals surface area contributed by atoms with E-state index in [-0.39, 0.29) is 158 Å². The van der Waals surface area contributed by atoms with Crippen LogP contribution in [0.4, 0.5) is 0 Å². The first-order chi connectivity index (χ1) is 70.6. The average molecular weight is 2100 g/mol. The van der Waals surface area contributed by atoms with Gasteiger partial charge in [0.1, 0.15) is 84.6 Å². The van der Waals surface area contributed by atoms with Crippen LogP contribution in [0.3, 0.4) is 0 Å². The lowest BCUT2D eigenvalue weighted by atomic mass is 10.0. The van der Waals surface area contributed by atoms with E-state index in [1.807, 2.05) is 0 Å². The Balaban J connectivity index is 1.48. The van der Waals surface area contributed by atoms with Crippen LogP contribution >= 0.6 is 0 Å². The molecule has 0 radical (unpaired) electrons. The van der Waals surface area contributed by atoms with Gasteiger partial charge < -0.3 is 187 Å². The Bertz CT molecular complexity index is 5300. The van der Waals surface area contributed by atoms with Gasteiger partial charge in [-0.05, 0) is 95.8 Å². The first-order valence-corrected chi connectivity index (χ1v) is 47.1. The van der Waals surface area contributed by atoms with E-state index in [1.54, 1.807) is 13.8 Å². The summed E-state index contributed by atoms with van der Waals surface area (Å²) in [6.45, 7) is 2.93. The van der Waals surface area contributed by atoms with Crippen molar-refractivity contribution in [2.75, 3.05) is 32.7 Å². The highest BCUT2D eigenvalue weighted by molar-refractivity contribution is 6.02. The predicted molar refractivity (Wildman–Crippen MR) is 525 cm³/mol. The number of carboxylic acids is 3. The molecule has 64 heteroatoms. The molecule has 64 nitrogen and oxygen atoms in total. The lowest BCUT2D eigenvalue weighted by Crippen LogP contribution is -2.61. The molecule has 5 aromatic heterocycles. The molecule has 0 bridgehead atoms. The SMILES string of the molecule is CC(C)C[C@H](NC(=O)[C@H](CCC(=O)O)NC(=O)[C@H](Cc1cnc[nH]1)NC(=O)[C@H](CC(=O)O)NC(=O)[C@H](CCCNC(=N)N)NC(=O)[C@H](CCC(=O)O)NC(=O)[C@@H](N)CCCNC(=N)N)C(=O)N[C@@H](CCCNC(=N)N)C(=O)N[C@@H](Cc1cnc[nH]1)C(=O)N[C@@H](CCCNC(=N)N)C(=O)N[C@@H](CCCNC(=N)N)C(=O)N[C@@H](Cc1cnc[nH]1)C(=O)N[C@@H](Cc1cnc[nH]1)C(=O)N[C@@H](Cc1cnc[nH]1)C(=O)N[C@@H](CCC(N)=O)C(N)=O. The fourth-order valence-corrected chi connectivity index (χ4v) is 14.5. The van der Waals surface area contributed by atoms with Crippen molar-refractivity contribution in [2.24, 2.45) is 51.8 Å². The Morgan fingerprint density at radius 1 is 0.275 bits per heavy atom. The number of carbonyl (C=O) groups excluding carboxylic acids is 16. The summed E-state index contributed by atoms with van der Waals surface area (Å²) < 4.78 is 0. The van der Waals surface area contributed by atoms with Gasteiger partial charge >= 0.3 is 17.9 Å². The summed E-state index contributed by atoms with van der Waals surface area (Å²) >= 11 is 0. The van der Waals surface area contributed by atoms with Crippen molar-refractivity contribution >= 4 is 142 Å². The molecule has 0 aromatic carbocycles. The van der Waals surface area contributed by atoms with E-state index in [4.69, 9.17) is 72.9 Å². The molecule has 5 heterocycles. The third-order valence-corrected chi connectivity index (χ3v) is 22.1. The number of aromatic amines is 5. The van der Waals surface area contributed by atoms with Gasteiger partial charge in [-0.2, -0.15) is 0 Å². The molecule has 0 aliphatic rings. The first kappa shape index (κ1) is 122. The van der Waals surface area contributed by atoms with Crippen molar-refractivity contribution in [3.05, 3.63) is 91.1 Å². The number of rotatable bonds is 72. The van der Waals surface area contributed by atoms with Gasteiger partial charge in [0.25, 0.3) is 0 Å². The van der Waals surface area contributed by atoms with Gasteiger partial charge in [0.05, 0.1) is 44.1 Å². The minimum atomic E-state index is -2.15. The van der Waals surface area contributed by atoms with E-state index in [0.717, 1.165) is 6.33 Å². The maximum atomic E-state index is 15.3. The van der Waals surface area contributed by atoms with Crippen molar-refractivity contribution < 1.29 is 106 Å². The van der Waals surface area contributed by atoms with Crippen LogP contribution in [0.15, 0.2) is 62.6 Å². The van der Waals surface area contributed by atoms with Gasteiger partial charge in [-0.1, -0.05) is 13.8 Å². The van der Waals surface area contributed by atoms with Gasteiger partial charge in [0.15, 0.2) is 29.8 Å². The minimum Gasteiger partial charge on any atom is -0.481 e. The number of guanidine groups is 5. The molecule has 5 aromatic rings. The molecule has 0 aliphatic heterocycles. The summed E-state index contributed by atoms with van der Waals surface area (Å²) in [5.41, 5.74) is 45.7. The number of carboxylic acid groups (broad SMARTS) is 3. The molecule has 0 unspecified atom stereocenters. The van der Waals surface area contributed by atoms with Gasteiger partial charge in [0.2, 0.25) is 94.5 Å². The predicted octanol–water partition coefficient (Wildman–Crippen LogP) is -12.8. The van der Waals surface area contributed by atoms with Crippen LogP contribution in [0.1, 0.15) is 158 Å². The standard InChI is InChI=1S/C85H136N42O22/c1-41(2)24-55(121-73(142)54(15-18-64(131)132)120-77(146)58(27-44-33-101-38-111-44)126-80(149)61(30-65(133)134)127-71(140)51(11-6-22-107-84(95)96)117-72(141)53(14-17-63(129)130)115-67(136)47(86)8-3-19-104-81(89)90)74(143)118-52(12-7-23-108-85(97)98)70(139)122-57(26-43-32-100-37-110-43)76(145)119-49(9-4-20-105-82(91)92)68(137)116-50(10-5-21-106-83(93)94)69(138)123-59(28-45-34-102-39-112-45)78(147)125-60(29-46-35-103-40-113-46)79(148)124-56(25-42-31-99-36-109-42)75(144)114-48(66(88)135)13-16-62(87)128/h31-41,47-61H,3-30,86H2,1-2H3,(H2,87,128)(H2,88,135)(H,99,109)(H,100,110)(H,101,111)(H,102,112)(H,103,113)(H,114,144)(H,115,136)(H,116,137)(H,117,141)(H,118,143)(H,119,145)(H,120,146)(H,121,142)(H,122,139)(H,123,138)(H,124,148)(H,125,147)(H,126,149)(H,127,140)(H,129,130)(H,131,132)(H,133,134)(H4,89,90,104)(H4,91,92,105)(H4,93,94,106)(H4,95,96,107)(H4,97,98,108)/t47-,48-,49-,50-,51-,52-,53-,54-,55-,56-,57-,58-,59-,60-,61-/m0/s1. The zero-order valence-electron chi connectivity index (χ0n) is 81.8. The topological polar surface area (TPSA) is 1080 Å². The molecule has 0 spiro atoms. The van der Waals surface area contributed by atoms with Crippen molar-refractivity contribution in [1.29, 1.82) is 27.0 Å². The molecule has 0 aliphatic carbocycles. The molecular weight excluding hydrogens is 1960 g/mol. The van der Waals surface area contributed by atoms with Crippen molar-refractivity contribution in [1.82, 2.24) is 151 Å². The maximum absolute atomic E-state index is 15.3. The molecule has 48 N–H and O–H groups in total. The fourth-order valence-electron chi connectivity index (χ4n) is 14.5. The van der Waals surface area contributed by atoms with E-state index in [9.17, 15) is 77.6 Å². The van der Waals surface area contributed by atoms with Crippen molar-refractivity contribution in [3.63, 3.8) is 0 Å². The Morgan fingerprint density at radius 3 is 0.711 bits per heavy atom. The highest BCUT2D eigenvalue weighted by Crippen LogP contribution is 2.17. The summed E-state index contributed by atoms with van der Waals surface area (Å²) in [6, 6.07) is -25.7. The van der Waals surface area contributed by atoms with Gasteiger partial charge in [0, 0.05) is 144 Å². The maximum Gasteiger partial charge on any atom is 0.305 e. The van der Waals surface area contributed by atoms with Crippen LogP contribution in [0.2, 0.25) is 0 Å². The van der Waals surface area contributed by atoms with E-state index in [2.05, 4.69) is 151 Å². The smallest absolute Gasteiger partial charge is 0.305 e. The summed E-state index contributed by atoms with van der Waals surface area (Å²) in [4.78, 5) is 301. The summed E-state index contributed by atoms with van der Waals surface area (Å²) in [7, 11) is 0. The summed E-state index contributed by atoms with van der Waals surface area (Å²) in [5, 5.41) is 116. The number of primary amides is 2. The lowest BCUT2D eigenvalue weighted by molar-refractivity contribution is -0.142. The normalized spacial score (nSPS) is 14.0. The number of carbonyl (C=O) groups is 19. The van der Waals surface area contributed by atoms with Crippen LogP contribution in [0.25, 0.3) is 0 Å².